The maximum atomic E-state index is 13.1. The molecule has 564 valence electrons. The Morgan fingerprint density at radius 1 is 0.305 bits per heavy atom. The van der Waals surface area contributed by atoms with Crippen LogP contribution in [0.1, 0.15) is 389 Å². The van der Waals surface area contributed by atoms with Gasteiger partial charge in [-0.2, -0.15) is 0 Å². The predicted octanol–water partition coefficient (Wildman–Crippen LogP) is 22.2. The molecule has 0 heterocycles. The number of phosphoric acid groups is 2. The number of hydrogen-bond donors (Lipinski definition) is 3. The molecule has 0 aromatic rings. The van der Waals surface area contributed by atoms with E-state index in [4.69, 9.17) is 37.0 Å². The van der Waals surface area contributed by atoms with Crippen molar-refractivity contribution in [3.63, 3.8) is 0 Å². The van der Waals surface area contributed by atoms with E-state index in [0.29, 0.717) is 31.6 Å². The number of carbonyl (C=O) groups is 4. The Labute approximate surface area is 581 Å². The highest BCUT2D eigenvalue weighted by atomic mass is 31.2. The van der Waals surface area contributed by atoms with Crippen molar-refractivity contribution in [2.24, 2.45) is 17.8 Å². The van der Waals surface area contributed by atoms with Crippen LogP contribution in [0.15, 0.2) is 0 Å². The summed E-state index contributed by atoms with van der Waals surface area (Å²) in [5.74, 6) is 0.225. The minimum Gasteiger partial charge on any atom is -0.462 e. The van der Waals surface area contributed by atoms with Gasteiger partial charge in [-0.1, -0.05) is 337 Å². The van der Waals surface area contributed by atoms with Crippen LogP contribution in [0, 0.1) is 17.8 Å². The summed E-state index contributed by atoms with van der Waals surface area (Å²) in [4.78, 5) is 72.8. The van der Waals surface area contributed by atoms with Crippen molar-refractivity contribution in [2.45, 2.75) is 407 Å². The van der Waals surface area contributed by atoms with E-state index in [-0.39, 0.29) is 25.7 Å². The third-order valence-electron chi connectivity index (χ3n) is 18.0. The van der Waals surface area contributed by atoms with E-state index >= 15 is 0 Å². The van der Waals surface area contributed by atoms with Crippen LogP contribution in [0.5, 0.6) is 0 Å². The first-order valence-corrected chi connectivity index (χ1v) is 42.4. The second-order valence-electron chi connectivity index (χ2n) is 28.6. The highest BCUT2D eigenvalue weighted by molar-refractivity contribution is 7.47. The topological polar surface area (TPSA) is 237 Å². The lowest BCUT2D eigenvalue weighted by Crippen LogP contribution is -2.30. The van der Waals surface area contributed by atoms with Crippen LogP contribution in [0.2, 0.25) is 0 Å². The highest BCUT2D eigenvalue weighted by Crippen LogP contribution is 2.45. The molecule has 0 aliphatic heterocycles. The van der Waals surface area contributed by atoms with E-state index in [1.165, 1.54) is 193 Å². The van der Waals surface area contributed by atoms with E-state index in [1.54, 1.807) is 0 Å². The van der Waals surface area contributed by atoms with Crippen molar-refractivity contribution in [2.75, 3.05) is 39.6 Å². The molecule has 0 fully saturated rings. The van der Waals surface area contributed by atoms with E-state index in [0.717, 1.165) is 108 Å². The summed E-state index contributed by atoms with van der Waals surface area (Å²) in [5, 5.41) is 10.6. The molecule has 0 saturated heterocycles. The van der Waals surface area contributed by atoms with Gasteiger partial charge in [-0.25, -0.2) is 9.13 Å². The first-order valence-electron chi connectivity index (χ1n) is 39.4. The Morgan fingerprint density at radius 2 is 0.537 bits per heavy atom. The lowest BCUT2D eigenvalue weighted by molar-refractivity contribution is -0.161. The van der Waals surface area contributed by atoms with Crippen LogP contribution in [0.4, 0.5) is 0 Å². The van der Waals surface area contributed by atoms with E-state index in [1.807, 2.05) is 0 Å². The van der Waals surface area contributed by atoms with Crippen LogP contribution >= 0.6 is 15.6 Å². The summed E-state index contributed by atoms with van der Waals surface area (Å²) in [5.41, 5.74) is 0. The zero-order valence-electron chi connectivity index (χ0n) is 62.1. The number of hydrogen-bond acceptors (Lipinski definition) is 15. The van der Waals surface area contributed by atoms with Crippen molar-refractivity contribution in [3.05, 3.63) is 0 Å². The Hall–Kier alpha value is -1.94. The summed E-state index contributed by atoms with van der Waals surface area (Å²) in [6, 6.07) is 0. The minimum atomic E-state index is -4.96. The number of aliphatic hydroxyl groups excluding tert-OH is 1. The van der Waals surface area contributed by atoms with Crippen LogP contribution in [-0.4, -0.2) is 96.7 Å². The summed E-state index contributed by atoms with van der Waals surface area (Å²) in [6.07, 6.45) is 52.7. The monoisotopic (exact) mass is 1400 g/mol. The number of unbranched alkanes of at least 4 members (excludes halogenated alkanes) is 41. The molecule has 6 atom stereocenters. The number of rotatable bonds is 74. The Balaban J connectivity index is 5.24. The number of esters is 4. The van der Waals surface area contributed by atoms with Gasteiger partial charge in [-0.05, 0) is 43.4 Å². The molecule has 0 rings (SSSR count). The van der Waals surface area contributed by atoms with Gasteiger partial charge in [-0.3, -0.25) is 37.3 Å². The van der Waals surface area contributed by atoms with Crippen LogP contribution in [0.25, 0.3) is 0 Å². The van der Waals surface area contributed by atoms with Gasteiger partial charge < -0.3 is 33.8 Å². The molecule has 95 heavy (non-hydrogen) atoms. The van der Waals surface area contributed by atoms with Gasteiger partial charge in [0.15, 0.2) is 12.2 Å². The van der Waals surface area contributed by atoms with Crippen LogP contribution in [-0.2, 0) is 65.4 Å². The van der Waals surface area contributed by atoms with E-state index in [9.17, 15) is 43.2 Å². The van der Waals surface area contributed by atoms with Crippen molar-refractivity contribution in [1.82, 2.24) is 0 Å². The molecule has 0 amide bonds. The van der Waals surface area contributed by atoms with Gasteiger partial charge in [0.1, 0.15) is 19.3 Å². The van der Waals surface area contributed by atoms with Gasteiger partial charge in [0.05, 0.1) is 26.4 Å². The molecule has 0 spiro atoms. The lowest BCUT2D eigenvalue weighted by atomic mass is 9.99. The molecular weight excluding hydrogens is 1250 g/mol. The third-order valence-corrected chi connectivity index (χ3v) is 19.9. The molecule has 0 aliphatic rings. The molecule has 0 aliphatic carbocycles. The van der Waals surface area contributed by atoms with Crippen LogP contribution < -0.4 is 0 Å². The zero-order chi connectivity index (χ0) is 70.1. The average Bonchev–Trinajstić information content (AvgIpc) is 2.61. The van der Waals surface area contributed by atoms with Crippen molar-refractivity contribution >= 4 is 39.5 Å². The van der Waals surface area contributed by atoms with E-state index in [2.05, 4.69) is 48.5 Å². The quantitative estimate of drug-likeness (QED) is 0.0222. The van der Waals surface area contributed by atoms with Gasteiger partial charge in [0.2, 0.25) is 0 Å². The zero-order valence-corrected chi connectivity index (χ0v) is 63.9. The molecule has 19 heteroatoms. The van der Waals surface area contributed by atoms with Gasteiger partial charge in [0, 0.05) is 25.7 Å². The number of ether oxygens (including phenoxy) is 4. The number of phosphoric ester groups is 2. The fourth-order valence-electron chi connectivity index (χ4n) is 11.6. The first-order chi connectivity index (χ1) is 45.8. The molecule has 0 saturated carbocycles. The maximum absolute atomic E-state index is 13.1. The minimum absolute atomic E-state index is 0.106. The van der Waals surface area contributed by atoms with Crippen molar-refractivity contribution < 1.29 is 80.2 Å². The van der Waals surface area contributed by atoms with Gasteiger partial charge in [0.25, 0.3) is 0 Å². The standard InChI is InChI=1S/C76H148O17P2/c1-8-10-11-12-13-14-22-30-37-45-52-59-75(80)93-72(64-87-74(79)58-51-44-39-32-34-41-48-55-68(5)6)66-91-95(84,85)89-62-70(77)61-88-94(82,83)90-65-71(63-86-73(78)57-50-43-36-29-25-21-17-18-23-27-33-40-47-54-67(3)4)92-76(81)60-53-46-38-31-26-20-16-15-19-24-28-35-42-49-56-69(7)9-2/h67-72,77H,8-66H2,1-7H3,(H,82,83)(H,84,85)/t69?,70-,71-,72-/m1/s1. The molecule has 3 N–H and O–H groups in total. The molecular formula is C76H148O17P2. The fourth-order valence-corrected chi connectivity index (χ4v) is 13.1. The van der Waals surface area contributed by atoms with Gasteiger partial charge in [-0.15, -0.1) is 0 Å². The van der Waals surface area contributed by atoms with Crippen molar-refractivity contribution in [3.8, 4) is 0 Å². The summed E-state index contributed by atoms with van der Waals surface area (Å²) < 4.78 is 68.5. The van der Waals surface area contributed by atoms with Crippen molar-refractivity contribution in [1.29, 1.82) is 0 Å². The lowest BCUT2D eigenvalue weighted by Gasteiger charge is -2.21. The first kappa shape index (κ1) is 93.1. The Morgan fingerprint density at radius 3 is 0.800 bits per heavy atom. The Kier molecular flexibility index (Phi) is 65.2. The maximum Gasteiger partial charge on any atom is 0.472 e. The summed E-state index contributed by atoms with van der Waals surface area (Å²) in [6.45, 7) is 11.9. The third kappa shape index (κ3) is 69.0. The largest absolute Gasteiger partial charge is 0.472 e. The second-order valence-corrected chi connectivity index (χ2v) is 31.5. The van der Waals surface area contributed by atoms with Gasteiger partial charge >= 0.3 is 39.5 Å². The normalized spacial score (nSPS) is 14.4. The molecule has 17 nitrogen and oxygen atoms in total. The molecule has 3 unspecified atom stereocenters. The highest BCUT2D eigenvalue weighted by Gasteiger charge is 2.30. The predicted molar refractivity (Wildman–Crippen MR) is 386 cm³/mol. The summed E-state index contributed by atoms with van der Waals surface area (Å²) in [7, 11) is -9.91. The summed E-state index contributed by atoms with van der Waals surface area (Å²) >= 11 is 0. The Bertz CT molecular complexity index is 1850. The molecule has 0 aromatic heterocycles. The fraction of sp³-hybridized carbons (Fsp3) is 0.947. The average molecular weight is 1400 g/mol. The van der Waals surface area contributed by atoms with E-state index < -0.39 is 97.5 Å². The molecule has 0 radical (unpaired) electrons. The second kappa shape index (κ2) is 66.6. The number of carbonyl (C=O) groups excluding carboxylic acids is 4. The smallest absolute Gasteiger partial charge is 0.462 e. The molecule has 0 aromatic carbocycles. The number of aliphatic hydroxyl groups is 1. The SMILES string of the molecule is CCCCCCCCCCCCCC(=O)O[C@H](COC(=O)CCCCCCCCCC(C)C)COP(=O)(O)OC[C@H](O)COP(=O)(O)OC[C@@H](COC(=O)CCCCCCCCCCCCCCCC(C)C)OC(=O)CCCCCCCCCCCCCCCCC(C)CC. The van der Waals surface area contributed by atoms with Crippen LogP contribution in [0.3, 0.4) is 0 Å². The molecule has 0 bridgehead atoms.